The second kappa shape index (κ2) is 5.03. The number of hydrogen-bond donors (Lipinski definition) is 1. The average molecular weight is 282 g/mol. The van der Waals surface area contributed by atoms with Crippen LogP contribution in [-0.2, 0) is 0 Å². The number of likely N-dealkylation sites (N-methyl/N-ethyl adjacent to an activating group) is 1. The van der Waals surface area contributed by atoms with E-state index < -0.39 is 0 Å². The van der Waals surface area contributed by atoms with Crippen molar-refractivity contribution in [3.8, 4) is 0 Å². The molecule has 1 aliphatic heterocycles. The van der Waals surface area contributed by atoms with Gasteiger partial charge in [-0.05, 0) is 38.6 Å². The third-order valence-electron chi connectivity index (χ3n) is 3.42. The first-order chi connectivity index (χ1) is 8.74. The summed E-state index contributed by atoms with van der Waals surface area (Å²) in [5, 5.41) is 4.34. The highest BCUT2D eigenvalue weighted by Crippen LogP contribution is 2.33. The van der Waals surface area contributed by atoms with Crippen molar-refractivity contribution in [1.29, 1.82) is 0 Å². The van der Waals surface area contributed by atoms with Crippen molar-refractivity contribution >= 4 is 38.8 Å². The zero-order chi connectivity index (χ0) is 12.5. The number of nitrogens with zero attached hydrogens (tertiary/aromatic N) is 2. The molecule has 1 fully saturated rings. The molecule has 1 saturated heterocycles. The van der Waals surface area contributed by atoms with Gasteiger partial charge in [0.25, 0.3) is 0 Å². The van der Waals surface area contributed by atoms with Crippen molar-refractivity contribution in [3.63, 3.8) is 0 Å². The van der Waals surface area contributed by atoms with Crippen LogP contribution >= 0.6 is 22.9 Å². The Hall–Kier alpha value is -0.840. The quantitative estimate of drug-likeness (QED) is 0.914. The summed E-state index contributed by atoms with van der Waals surface area (Å²) >= 11 is 7.96. The third-order valence-corrected chi connectivity index (χ3v) is 4.53. The van der Waals surface area contributed by atoms with Gasteiger partial charge in [0.15, 0.2) is 0 Å². The normalized spacial score (nSPS) is 21.3. The van der Waals surface area contributed by atoms with Gasteiger partial charge in [0.05, 0.1) is 20.9 Å². The molecule has 1 aromatic heterocycles. The number of piperidine rings is 1. The third kappa shape index (κ3) is 2.32. The zero-order valence-corrected chi connectivity index (χ0v) is 11.9. The van der Waals surface area contributed by atoms with Gasteiger partial charge >= 0.3 is 0 Å². The number of likely N-dealkylation sites (tertiary alicyclic amines) is 1. The fourth-order valence-electron chi connectivity index (χ4n) is 2.53. The molecule has 3 rings (SSSR count). The summed E-state index contributed by atoms with van der Waals surface area (Å²) in [7, 11) is 2.17. The van der Waals surface area contributed by atoms with Crippen molar-refractivity contribution in [2.45, 2.75) is 18.9 Å². The van der Waals surface area contributed by atoms with E-state index in [0.29, 0.717) is 6.04 Å². The van der Waals surface area contributed by atoms with Gasteiger partial charge in [0, 0.05) is 12.6 Å². The highest BCUT2D eigenvalue weighted by atomic mass is 35.5. The second-order valence-electron chi connectivity index (χ2n) is 4.87. The first kappa shape index (κ1) is 12.2. The SMILES string of the molecule is CN1CCCC(Nc2c(Cl)ccc3scnc23)C1. The molecular formula is C13H16ClN3S. The first-order valence-corrected chi connectivity index (χ1v) is 7.46. The summed E-state index contributed by atoms with van der Waals surface area (Å²) in [5.41, 5.74) is 3.87. The molecule has 5 heteroatoms. The number of halogens is 1. The van der Waals surface area contributed by atoms with Crippen LogP contribution in [0.25, 0.3) is 10.2 Å². The molecule has 0 bridgehead atoms. The number of rotatable bonds is 2. The van der Waals surface area contributed by atoms with Crippen LogP contribution in [0, 0.1) is 0 Å². The molecule has 0 radical (unpaired) electrons. The van der Waals surface area contributed by atoms with Crippen molar-refractivity contribution in [2.24, 2.45) is 0 Å². The first-order valence-electron chi connectivity index (χ1n) is 6.21. The number of benzene rings is 1. The van der Waals surface area contributed by atoms with E-state index in [9.17, 15) is 0 Å². The van der Waals surface area contributed by atoms with E-state index in [1.807, 2.05) is 17.6 Å². The highest BCUT2D eigenvalue weighted by molar-refractivity contribution is 7.16. The van der Waals surface area contributed by atoms with Crippen LogP contribution in [0.3, 0.4) is 0 Å². The molecule has 1 aliphatic rings. The van der Waals surface area contributed by atoms with Crippen LogP contribution in [0.15, 0.2) is 17.6 Å². The Morgan fingerprint density at radius 1 is 1.50 bits per heavy atom. The van der Waals surface area contributed by atoms with E-state index in [1.54, 1.807) is 11.3 Å². The molecule has 0 aliphatic carbocycles. The molecule has 0 spiro atoms. The van der Waals surface area contributed by atoms with Gasteiger partial charge < -0.3 is 10.2 Å². The lowest BCUT2D eigenvalue weighted by Crippen LogP contribution is -2.39. The Bertz CT molecular complexity index is 554. The molecule has 1 atom stereocenters. The van der Waals surface area contributed by atoms with Gasteiger partial charge in [-0.15, -0.1) is 11.3 Å². The Kier molecular flexibility index (Phi) is 3.41. The van der Waals surface area contributed by atoms with E-state index >= 15 is 0 Å². The van der Waals surface area contributed by atoms with Crippen LogP contribution in [0.1, 0.15) is 12.8 Å². The summed E-state index contributed by atoms with van der Waals surface area (Å²) in [6.07, 6.45) is 2.43. The zero-order valence-electron chi connectivity index (χ0n) is 10.3. The topological polar surface area (TPSA) is 28.2 Å². The standard InChI is InChI=1S/C13H16ClN3S/c1-17-6-2-3-9(7-17)16-12-10(14)4-5-11-13(12)15-8-18-11/h4-5,8-9,16H,2-3,6-7H2,1H3. The molecule has 0 saturated carbocycles. The molecule has 1 aromatic carbocycles. The maximum absolute atomic E-state index is 6.30. The highest BCUT2D eigenvalue weighted by Gasteiger charge is 2.19. The molecule has 96 valence electrons. The number of thiazole rings is 1. The Morgan fingerprint density at radius 3 is 3.22 bits per heavy atom. The van der Waals surface area contributed by atoms with E-state index in [0.717, 1.165) is 22.8 Å². The lowest BCUT2D eigenvalue weighted by molar-refractivity contribution is 0.261. The molecule has 1 unspecified atom stereocenters. The molecule has 2 heterocycles. The van der Waals surface area contributed by atoms with Crippen molar-refractivity contribution < 1.29 is 0 Å². The smallest absolute Gasteiger partial charge is 0.106 e. The van der Waals surface area contributed by atoms with E-state index in [2.05, 4.69) is 22.2 Å². The maximum Gasteiger partial charge on any atom is 0.106 e. The number of aromatic nitrogens is 1. The lowest BCUT2D eigenvalue weighted by Gasteiger charge is -2.31. The molecule has 18 heavy (non-hydrogen) atoms. The van der Waals surface area contributed by atoms with Gasteiger partial charge in [-0.25, -0.2) is 4.98 Å². The number of hydrogen-bond acceptors (Lipinski definition) is 4. The molecular weight excluding hydrogens is 266 g/mol. The molecule has 0 amide bonds. The van der Waals surface area contributed by atoms with Gasteiger partial charge in [-0.2, -0.15) is 0 Å². The number of fused-ring (bicyclic) bond motifs is 1. The van der Waals surface area contributed by atoms with E-state index in [1.165, 1.54) is 24.1 Å². The maximum atomic E-state index is 6.30. The van der Waals surface area contributed by atoms with Crippen LogP contribution in [-0.4, -0.2) is 36.1 Å². The molecule has 1 N–H and O–H groups in total. The Morgan fingerprint density at radius 2 is 2.39 bits per heavy atom. The van der Waals surface area contributed by atoms with E-state index in [4.69, 9.17) is 11.6 Å². The minimum Gasteiger partial charge on any atom is -0.378 e. The van der Waals surface area contributed by atoms with Crippen LogP contribution in [0.4, 0.5) is 5.69 Å². The molecule has 3 nitrogen and oxygen atoms in total. The number of anilines is 1. The van der Waals surface area contributed by atoms with Crippen molar-refractivity contribution in [2.75, 3.05) is 25.5 Å². The van der Waals surface area contributed by atoms with E-state index in [-0.39, 0.29) is 0 Å². The fourth-order valence-corrected chi connectivity index (χ4v) is 3.42. The number of nitrogens with one attached hydrogen (secondary N) is 1. The summed E-state index contributed by atoms with van der Waals surface area (Å²) < 4.78 is 1.19. The Balaban J connectivity index is 1.89. The second-order valence-corrected chi connectivity index (χ2v) is 6.16. The fraction of sp³-hybridized carbons (Fsp3) is 0.462. The monoisotopic (exact) mass is 281 g/mol. The minimum absolute atomic E-state index is 0.466. The summed E-state index contributed by atoms with van der Waals surface area (Å²) in [6.45, 7) is 2.25. The summed E-state index contributed by atoms with van der Waals surface area (Å²) in [6, 6.07) is 4.46. The van der Waals surface area contributed by atoms with Gasteiger partial charge in [-0.1, -0.05) is 11.6 Å². The van der Waals surface area contributed by atoms with Crippen LogP contribution in [0.5, 0.6) is 0 Å². The van der Waals surface area contributed by atoms with Crippen LogP contribution in [0.2, 0.25) is 5.02 Å². The predicted octanol–water partition coefficient (Wildman–Crippen LogP) is 3.46. The Labute approximate surface area is 116 Å². The lowest BCUT2D eigenvalue weighted by atomic mass is 10.1. The average Bonchev–Trinajstić information content (AvgIpc) is 2.81. The largest absolute Gasteiger partial charge is 0.378 e. The molecule has 2 aromatic rings. The minimum atomic E-state index is 0.466. The van der Waals surface area contributed by atoms with Gasteiger partial charge in [0.2, 0.25) is 0 Å². The van der Waals surface area contributed by atoms with Crippen molar-refractivity contribution in [3.05, 3.63) is 22.7 Å². The summed E-state index contributed by atoms with van der Waals surface area (Å²) in [4.78, 5) is 6.78. The predicted molar refractivity (Wildman–Crippen MR) is 78.8 cm³/mol. The summed E-state index contributed by atoms with van der Waals surface area (Å²) in [5.74, 6) is 0. The van der Waals surface area contributed by atoms with Crippen molar-refractivity contribution in [1.82, 2.24) is 9.88 Å². The van der Waals surface area contributed by atoms with Gasteiger partial charge in [-0.3, -0.25) is 0 Å². The van der Waals surface area contributed by atoms with Gasteiger partial charge in [0.1, 0.15) is 5.52 Å². The van der Waals surface area contributed by atoms with Crippen LogP contribution < -0.4 is 5.32 Å².